The average Bonchev–Trinajstić information content (AvgIpc) is 2.63. The minimum atomic E-state index is -0.527. The number of hydrogen-bond donors (Lipinski definition) is 1. The van der Waals surface area contributed by atoms with Crippen LogP contribution in [0.3, 0.4) is 0 Å². The van der Waals surface area contributed by atoms with Crippen LogP contribution < -0.4 is 5.73 Å². The third kappa shape index (κ3) is 1.84. The molecule has 1 atom stereocenters. The molecule has 1 heterocycles. The van der Waals surface area contributed by atoms with E-state index in [1.807, 2.05) is 20.0 Å². The second-order valence-corrected chi connectivity index (χ2v) is 3.90. The Balaban J connectivity index is 2.41. The van der Waals surface area contributed by atoms with Crippen LogP contribution in [0.1, 0.15) is 23.0 Å². The Kier molecular flexibility index (Phi) is 2.75. The molecule has 1 aromatic carbocycles. The van der Waals surface area contributed by atoms with Gasteiger partial charge in [-0.3, -0.25) is 0 Å². The summed E-state index contributed by atoms with van der Waals surface area (Å²) in [6.45, 7) is 1.85. The van der Waals surface area contributed by atoms with Crippen LogP contribution in [0.4, 0.5) is 4.39 Å². The molecule has 16 heavy (non-hydrogen) atoms. The lowest BCUT2D eigenvalue weighted by molar-refractivity contribution is 0.587. The van der Waals surface area contributed by atoms with Crippen molar-refractivity contribution in [2.75, 3.05) is 0 Å². The molecule has 0 aliphatic carbocycles. The van der Waals surface area contributed by atoms with E-state index in [2.05, 4.69) is 4.98 Å². The van der Waals surface area contributed by atoms with E-state index in [4.69, 9.17) is 5.73 Å². The predicted molar refractivity (Wildman–Crippen MR) is 60.4 cm³/mol. The van der Waals surface area contributed by atoms with E-state index in [1.165, 1.54) is 6.07 Å². The van der Waals surface area contributed by atoms with Gasteiger partial charge in [-0.15, -0.1) is 0 Å². The number of nitrogens with two attached hydrogens (primary N) is 1. The second kappa shape index (κ2) is 4.06. The van der Waals surface area contributed by atoms with E-state index in [-0.39, 0.29) is 5.82 Å². The summed E-state index contributed by atoms with van der Waals surface area (Å²) in [7, 11) is 1.84. The molecule has 1 aromatic heterocycles. The number of aryl methyl sites for hydroxylation is 2. The lowest BCUT2D eigenvalue weighted by Crippen LogP contribution is -2.18. The van der Waals surface area contributed by atoms with E-state index in [0.29, 0.717) is 11.4 Å². The first-order chi connectivity index (χ1) is 7.59. The fourth-order valence-electron chi connectivity index (χ4n) is 1.70. The number of nitrogens with zero attached hydrogens (tertiary/aromatic N) is 2. The Hall–Kier alpha value is -1.68. The lowest BCUT2D eigenvalue weighted by atomic mass is 10.0. The third-order valence-corrected chi connectivity index (χ3v) is 2.63. The lowest BCUT2D eigenvalue weighted by Gasteiger charge is -2.13. The van der Waals surface area contributed by atoms with E-state index in [1.54, 1.807) is 23.0 Å². The smallest absolute Gasteiger partial charge is 0.130 e. The van der Waals surface area contributed by atoms with Crippen LogP contribution in [0.15, 0.2) is 30.6 Å². The molecule has 0 aliphatic rings. The molecule has 2 N–H and O–H groups in total. The zero-order chi connectivity index (χ0) is 11.7. The number of rotatable bonds is 2. The highest BCUT2D eigenvalue weighted by Crippen LogP contribution is 2.21. The maximum atomic E-state index is 13.7. The van der Waals surface area contributed by atoms with Crippen LogP contribution in [0.5, 0.6) is 0 Å². The van der Waals surface area contributed by atoms with Crippen molar-refractivity contribution < 1.29 is 4.39 Å². The fraction of sp³-hybridized carbons (Fsp3) is 0.250. The second-order valence-electron chi connectivity index (χ2n) is 3.90. The molecule has 2 aromatic rings. The number of aromatic nitrogens is 2. The van der Waals surface area contributed by atoms with Gasteiger partial charge in [0.15, 0.2) is 0 Å². The molecular formula is C12H14FN3. The van der Waals surface area contributed by atoms with Crippen LogP contribution in [-0.4, -0.2) is 9.55 Å². The average molecular weight is 219 g/mol. The Morgan fingerprint density at radius 2 is 2.19 bits per heavy atom. The molecule has 0 bridgehead atoms. The van der Waals surface area contributed by atoms with Gasteiger partial charge in [0.2, 0.25) is 0 Å². The highest BCUT2D eigenvalue weighted by atomic mass is 19.1. The van der Waals surface area contributed by atoms with Crippen LogP contribution in [0, 0.1) is 12.7 Å². The first-order valence-corrected chi connectivity index (χ1v) is 5.08. The topological polar surface area (TPSA) is 43.8 Å². The molecule has 0 fully saturated rings. The molecule has 4 heteroatoms. The van der Waals surface area contributed by atoms with Gasteiger partial charge in [0.1, 0.15) is 11.6 Å². The van der Waals surface area contributed by atoms with Crippen molar-refractivity contribution in [3.05, 3.63) is 53.4 Å². The Morgan fingerprint density at radius 3 is 2.75 bits per heavy atom. The summed E-state index contributed by atoms with van der Waals surface area (Å²) in [6, 6.07) is 4.52. The first kappa shape index (κ1) is 10.8. The van der Waals surface area contributed by atoms with Crippen molar-refractivity contribution >= 4 is 0 Å². The Morgan fingerprint density at radius 1 is 1.44 bits per heavy atom. The van der Waals surface area contributed by atoms with Crippen LogP contribution in [0.25, 0.3) is 0 Å². The third-order valence-electron chi connectivity index (χ3n) is 2.63. The molecule has 0 radical (unpaired) electrons. The zero-order valence-corrected chi connectivity index (χ0v) is 9.31. The molecule has 0 saturated heterocycles. The molecule has 0 amide bonds. The molecule has 0 saturated carbocycles. The van der Waals surface area contributed by atoms with Crippen LogP contribution in [0.2, 0.25) is 0 Å². The van der Waals surface area contributed by atoms with Gasteiger partial charge in [-0.2, -0.15) is 0 Å². The van der Waals surface area contributed by atoms with Gasteiger partial charge in [0, 0.05) is 25.0 Å². The minimum absolute atomic E-state index is 0.282. The number of imidazole rings is 1. The molecule has 1 unspecified atom stereocenters. The highest BCUT2D eigenvalue weighted by Gasteiger charge is 2.16. The minimum Gasteiger partial charge on any atom is -0.336 e. The summed E-state index contributed by atoms with van der Waals surface area (Å²) in [5, 5.41) is 0. The first-order valence-electron chi connectivity index (χ1n) is 5.08. The molecule has 2 rings (SSSR count). The van der Waals surface area contributed by atoms with Crippen molar-refractivity contribution in [2.45, 2.75) is 13.0 Å². The SMILES string of the molecule is Cc1ccc(C(N)c2nccn2C)c(F)c1. The van der Waals surface area contributed by atoms with Crippen LogP contribution >= 0.6 is 0 Å². The summed E-state index contributed by atoms with van der Waals surface area (Å²) >= 11 is 0. The zero-order valence-electron chi connectivity index (χ0n) is 9.31. The van der Waals surface area contributed by atoms with E-state index >= 15 is 0 Å². The maximum absolute atomic E-state index is 13.7. The summed E-state index contributed by atoms with van der Waals surface area (Å²) in [4.78, 5) is 4.13. The fourth-order valence-corrected chi connectivity index (χ4v) is 1.70. The van der Waals surface area contributed by atoms with E-state index in [9.17, 15) is 4.39 Å². The molecular weight excluding hydrogens is 205 g/mol. The van der Waals surface area contributed by atoms with Crippen molar-refractivity contribution in [2.24, 2.45) is 12.8 Å². The normalized spacial score (nSPS) is 12.8. The van der Waals surface area contributed by atoms with Gasteiger partial charge in [0.05, 0.1) is 6.04 Å². The Labute approximate surface area is 93.7 Å². The van der Waals surface area contributed by atoms with Gasteiger partial charge in [-0.1, -0.05) is 12.1 Å². The predicted octanol–water partition coefficient (Wildman–Crippen LogP) is 1.92. The standard InChI is InChI=1S/C12H14FN3/c1-8-3-4-9(10(13)7-8)11(14)12-15-5-6-16(12)2/h3-7,11H,14H2,1-2H3. The quantitative estimate of drug-likeness (QED) is 0.838. The van der Waals surface area contributed by atoms with Gasteiger partial charge >= 0.3 is 0 Å². The largest absolute Gasteiger partial charge is 0.336 e. The molecule has 3 nitrogen and oxygen atoms in total. The summed E-state index contributed by atoms with van der Waals surface area (Å²) in [5.74, 6) is 0.373. The molecule has 84 valence electrons. The maximum Gasteiger partial charge on any atom is 0.130 e. The van der Waals surface area contributed by atoms with Gasteiger partial charge in [-0.05, 0) is 18.6 Å². The van der Waals surface area contributed by atoms with Gasteiger partial charge in [-0.25, -0.2) is 9.37 Å². The summed E-state index contributed by atoms with van der Waals surface area (Å²) in [6.07, 6.45) is 3.45. The number of halogens is 1. The van der Waals surface area contributed by atoms with Crippen LogP contribution in [-0.2, 0) is 7.05 Å². The highest BCUT2D eigenvalue weighted by molar-refractivity contribution is 5.29. The van der Waals surface area contributed by atoms with Crippen molar-refractivity contribution in [3.63, 3.8) is 0 Å². The molecule has 0 aliphatic heterocycles. The van der Waals surface area contributed by atoms with Crippen molar-refractivity contribution in [1.82, 2.24) is 9.55 Å². The van der Waals surface area contributed by atoms with Crippen molar-refractivity contribution in [1.29, 1.82) is 0 Å². The monoisotopic (exact) mass is 219 g/mol. The van der Waals surface area contributed by atoms with Gasteiger partial charge < -0.3 is 10.3 Å². The summed E-state index contributed by atoms with van der Waals surface area (Å²) in [5.41, 5.74) is 7.34. The molecule has 0 spiro atoms. The van der Waals surface area contributed by atoms with E-state index < -0.39 is 6.04 Å². The van der Waals surface area contributed by atoms with Crippen molar-refractivity contribution in [3.8, 4) is 0 Å². The Bertz CT molecular complexity index is 505. The number of hydrogen-bond acceptors (Lipinski definition) is 2. The summed E-state index contributed by atoms with van der Waals surface area (Å²) < 4.78 is 15.5. The number of benzene rings is 1. The van der Waals surface area contributed by atoms with Gasteiger partial charge in [0.25, 0.3) is 0 Å². The van der Waals surface area contributed by atoms with E-state index in [0.717, 1.165) is 5.56 Å².